The number of aliphatic carboxylic acids is 1. The fraction of sp³-hybridized carbons (Fsp3) is 0.500. The molecule has 1 aromatic rings. The van der Waals surface area contributed by atoms with Crippen molar-refractivity contribution in [2.75, 3.05) is 32.6 Å². The molecule has 1 aromatic carbocycles. The first kappa shape index (κ1) is 21.4. The molecule has 0 aromatic heterocycles. The van der Waals surface area contributed by atoms with Gasteiger partial charge >= 0.3 is 12.1 Å². The van der Waals surface area contributed by atoms with E-state index in [-0.39, 0.29) is 12.5 Å². The lowest BCUT2D eigenvalue weighted by Crippen LogP contribution is -2.38. The minimum Gasteiger partial charge on any atom is -0.479 e. The SMILES string of the molecule is CN(C)CC(=O)N(C)c1cccc([C@H](NC(=O)OC(C)(C)C)C(=O)O)c1. The maximum absolute atomic E-state index is 12.2. The summed E-state index contributed by atoms with van der Waals surface area (Å²) in [5, 5.41) is 11.8. The minimum absolute atomic E-state index is 0.140. The molecule has 0 unspecified atom stereocenters. The first-order chi connectivity index (χ1) is 11.9. The van der Waals surface area contributed by atoms with Crippen molar-refractivity contribution in [3.05, 3.63) is 29.8 Å². The van der Waals surface area contributed by atoms with E-state index < -0.39 is 23.7 Å². The van der Waals surface area contributed by atoms with E-state index in [1.165, 1.54) is 4.90 Å². The van der Waals surface area contributed by atoms with Crippen molar-refractivity contribution >= 4 is 23.7 Å². The van der Waals surface area contributed by atoms with Crippen LogP contribution in [-0.4, -0.2) is 61.3 Å². The van der Waals surface area contributed by atoms with Crippen molar-refractivity contribution < 1.29 is 24.2 Å². The average molecular weight is 365 g/mol. The van der Waals surface area contributed by atoms with Crippen LogP contribution in [0.15, 0.2) is 24.3 Å². The van der Waals surface area contributed by atoms with Crippen LogP contribution in [0, 0.1) is 0 Å². The summed E-state index contributed by atoms with van der Waals surface area (Å²) in [6, 6.07) is 5.18. The van der Waals surface area contributed by atoms with Crippen molar-refractivity contribution in [1.82, 2.24) is 10.2 Å². The number of carboxylic acid groups (broad SMARTS) is 1. The van der Waals surface area contributed by atoms with E-state index in [1.54, 1.807) is 71.1 Å². The number of ether oxygens (including phenoxy) is 1. The lowest BCUT2D eigenvalue weighted by atomic mass is 10.1. The number of rotatable bonds is 6. The number of carboxylic acids is 1. The molecule has 144 valence electrons. The van der Waals surface area contributed by atoms with Crippen LogP contribution in [0.3, 0.4) is 0 Å². The number of amides is 2. The standard InChI is InChI=1S/C18H27N3O5/c1-18(2,3)26-17(25)19-15(16(23)24)12-8-7-9-13(10-12)21(6)14(22)11-20(4)5/h7-10,15H,11H2,1-6H3,(H,19,25)(H,23,24)/t15-/m0/s1. The quantitative estimate of drug-likeness (QED) is 0.798. The Morgan fingerprint density at radius 2 is 1.81 bits per heavy atom. The molecule has 26 heavy (non-hydrogen) atoms. The second-order valence-corrected chi connectivity index (χ2v) is 7.20. The van der Waals surface area contributed by atoms with Crippen LogP contribution >= 0.6 is 0 Å². The Balaban J connectivity index is 3.02. The molecule has 2 N–H and O–H groups in total. The first-order valence-electron chi connectivity index (χ1n) is 8.14. The van der Waals surface area contributed by atoms with Gasteiger partial charge in [-0.1, -0.05) is 12.1 Å². The molecule has 1 rings (SSSR count). The van der Waals surface area contributed by atoms with Crippen LogP contribution in [0.4, 0.5) is 10.5 Å². The third-order valence-corrected chi connectivity index (χ3v) is 3.32. The second-order valence-electron chi connectivity index (χ2n) is 7.20. The highest BCUT2D eigenvalue weighted by atomic mass is 16.6. The predicted octanol–water partition coefficient (Wildman–Crippen LogP) is 1.86. The highest BCUT2D eigenvalue weighted by Crippen LogP contribution is 2.21. The van der Waals surface area contributed by atoms with Gasteiger partial charge in [-0.05, 0) is 52.6 Å². The van der Waals surface area contributed by atoms with Crippen LogP contribution in [0.1, 0.15) is 32.4 Å². The number of alkyl carbamates (subject to hydrolysis) is 1. The number of hydrogen-bond donors (Lipinski definition) is 2. The summed E-state index contributed by atoms with van der Waals surface area (Å²) in [7, 11) is 5.18. The maximum Gasteiger partial charge on any atom is 0.408 e. The molecule has 0 fully saturated rings. The van der Waals surface area contributed by atoms with E-state index in [4.69, 9.17) is 4.74 Å². The zero-order chi connectivity index (χ0) is 20.1. The summed E-state index contributed by atoms with van der Waals surface area (Å²) in [4.78, 5) is 38.9. The summed E-state index contributed by atoms with van der Waals surface area (Å²) >= 11 is 0. The van der Waals surface area contributed by atoms with Crippen LogP contribution < -0.4 is 10.2 Å². The number of nitrogens with one attached hydrogen (secondary N) is 1. The first-order valence-corrected chi connectivity index (χ1v) is 8.14. The number of carbonyl (C=O) groups excluding carboxylic acids is 2. The van der Waals surface area contributed by atoms with Gasteiger partial charge in [-0.15, -0.1) is 0 Å². The molecule has 0 saturated carbocycles. The van der Waals surface area contributed by atoms with Gasteiger partial charge in [0, 0.05) is 12.7 Å². The minimum atomic E-state index is -1.29. The van der Waals surface area contributed by atoms with Gasteiger partial charge < -0.3 is 25.0 Å². The van der Waals surface area contributed by atoms with Crippen LogP contribution in [0.5, 0.6) is 0 Å². The van der Waals surface area contributed by atoms with E-state index in [0.717, 1.165) is 0 Å². The highest BCUT2D eigenvalue weighted by Gasteiger charge is 2.26. The molecule has 8 nitrogen and oxygen atoms in total. The Morgan fingerprint density at radius 3 is 2.31 bits per heavy atom. The summed E-state index contributed by atoms with van der Waals surface area (Å²) < 4.78 is 5.12. The van der Waals surface area contributed by atoms with Crippen LogP contribution in [-0.2, 0) is 14.3 Å². The Bertz CT molecular complexity index is 667. The molecule has 0 heterocycles. The molecule has 0 aliphatic rings. The number of anilines is 1. The number of carbonyl (C=O) groups is 3. The van der Waals surface area contributed by atoms with Gasteiger partial charge in [0.2, 0.25) is 5.91 Å². The number of nitrogens with zero attached hydrogens (tertiary/aromatic N) is 2. The average Bonchev–Trinajstić information content (AvgIpc) is 2.49. The Hall–Kier alpha value is -2.61. The normalized spacial score (nSPS) is 12.4. The number of benzene rings is 1. The Morgan fingerprint density at radius 1 is 1.19 bits per heavy atom. The topological polar surface area (TPSA) is 99.2 Å². The summed E-state index contributed by atoms with van der Waals surface area (Å²) in [6.45, 7) is 5.29. The zero-order valence-electron chi connectivity index (χ0n) is 16.1. The van der Waals surface area contributed by atoms with E-state index in [9.17, 15) is 19.5 Å². The molecule has 0 aliphatic carbocycles. The van der Waals surface area contributed by atoms with Gasteiger partial charge in [-0.3, -0.25) is 4.79 Å². The van der Waals surface area contributed by atoms with Gasteiger partial charge in [0.1, 0.15) is 5.60 Å². The van der Waals surface area contributed by atoms with Crippen LogP contribution in [0.2, 0.25) is 0 Å². The summed E-state index contributed by atoms with van der Waals surface area (Å²) in [5.74, 6) is -1.37. The highest BCUT2D eigenvalue weighted by molar-refractivity contribution is 5.94. The van der Waals surface area contributed by atoms with Crippen molar-refractivity contribution in [3.8, 4) is 0 Å². The third kappa shape index (κ3) is 6.72. The number of hydrogen-bond acceptors (Lipinski definition) is 5. The Labute approximate surface area is 153 Å². The molecule has 0 bridgehead atoms. The molecular weight excluding hydrogens is 338 g/mol. The van der Waals surface area contributed by atoms with E-state index in [0.29, 0.717) is 11.3 Å². The molecule has 2 amide bonds. The van der Waals surface area contributed by atoms with E-state index >= 15 is 0 Å². The van der Waals surface area contributed by atoms with E-state index in [2.05, 4.69) is 5.32 Å². The molecule has 0 spiro atoms. The second kappa shape index (κ2) is 8.66. The third-order valence-electron chi connectivity index (χ3n) is 3.32. The van der Waals surface area contributed by atoms with Gasteiger partial charge in [0.05, 0.1) is 6.54 Å². The summed E-state index contributed by atoms with van der Waals surface area (Å²) in [6.07, 6.45) is -0.827. The molecule has 8 heteroatoms. The Kier molecular flexibility index (Phi) is 7.14. The zero-order valence-corrected chi connectivity index (χ0v) is 16.1. The van der Waals surface area contributed by atoms with Crippen molar-refractivity contribution in [1.29, 1.82) is 0 Å². The molecule has 0 saturated heterocycles. The molecule has 1 atom stereocenters. The lowest BCUT2D eigenvalue weighted by Gasteiger charge is -2.23. The van der Waals surface area contributed by atoms with Crippen molar-refractivity contribution in [3.63, 3.8) is 0 Å². The monoisotopic (exact) mass is 365 g/mol. The largest absolute Gasteiger partial charge is 0.479 e. The van der Waals surface area contributed by atoms with Gasteiger partial charge in [0.15, 0.2) is 6.04 Å². The fourth-order valence-corrected chi connectivity index (χ4v) is 2.15. The van der Waals surface area contributed by atoms with Crippen LogP contribution in [0.25, 0.3) is 0 Å². The van der Waals surface area contributed by atoms with Gasteiger partial charge in [0.25, 0.3) is 0 Å². The molecule has 0 radical (unpaired) electrons. The van der Waals surface area contributed by atoms with Gasteiger partial charge in [-0.2, -0.15) is 0 Å². The predicted molar refractivity (Wildman–Crippen MR) is 98.2 cm³/mol. The van der Waals surface area contributed by atoms with Crippen molar-refractivity contribution in [2.45, 2.75) is 32.4 Å². The fourth-order valence-electron chi connectivity index (χ4n) is 2.15. The van der Waals surface area contributed by atoms with Crippen molar-refractivity contribution in [2.24, 2.45) is 0 Å². The van der Waals surface area contributed by atoms with E-state index in [1.807, 2.05) is 0 Å². The maximum atomic E-state index is 12.2. The number of likely N-dealkylation sites (N-methyl/N-ethyl adjacent to an activating group) is 2. The summed E-state index contributed by atoms with van der Waals surface area (Å²) in [5.41, 5.74) is 0.130. The molecular formula is C18H27N3O5. The molecule has 0 aliphatic heterocycles. The lowest BCUT2D eigenvalue weighted by molar-refractivity contribution is -0.139. The smallest absolute Gasteiger partial charge is 0.408 e. The van der Waals surface area contributed by atoms with Gasteiger partial charge in [-0.25, -0.2) is 9.59 Å².